The molecule has 0 bridgehead atoms. The largest absolute Gasteiger partial charge is 0.383 e. The molecule has 4 heteroatoms. The molecule has 0 fully saturated rings. The molecule has 0 aliphatic rings. The van der Waals surface area contributed by atoms with Crippen LogP contribution in [0.1, 0.15) is 0 Å². The molecule has 0 aliphatic carbocycles. The maximum Gasteiger partial charge on any atom is 0.105 e. The van der Waals surface area contributed by atoms with E-state index in [2.05, 4.69) is 5.32 Å². The first-order valence-electron chi connectivity index (χ1n) is 4.49. The van der Waals surface area contributed by atoms with Gasteiger partial charge in [-0.05, 0) is 30.3 Å². The average Bonchev–Trinajstić information content (AvgIpc) is 2.19. The van der Waals surface area contributed by atoms with E-state index in [-0.39, 0.29) is 0 Å². The SMILES string of the molecule is CN(C)/C=C/C(=S)Nc1ccc(Cl)cc1. The van der Waals surface area contributed by atoms with Crippen molar-refractivity contribution in [2.24, 2.45) is 0 Å². The maximum atomic E-state index is 5.77. The molecule has 0 radical (unpaired) electrons. The second-order valence-corrected chi connectivity index (χ2v) is 4.15. The van der Waals surface area contributed by atoms with Crippen LogP contribution < -0.4 is 5.32 Å². The number of nitrogens with zero attached hydrogens (tertiary/aromatic N) is 1. The summed E-state index contributed by atoms with van der Waals surface area (Å²) in [5, 5.41) is 3.80. The van der Waals surface area contributed by atoms with Gasteiger partial charge in [0.25, 0.3) is 0 Å². The van der Waals surface area contributed by atoms with Crippen LogP contribution in [0.4, 0.5) is 5.69 Å². The number of halogens is 1. The topological polar surface area (TPSA) is 15.3 Å². The molecule has 1 aromatic carbocycles. The van der Waals surface area contributed by atoms with E-state index in [4.69, 9.17) is 23.8 Å². The van der Waals surface area contributed by atoms with Crippen molar-refractivity contribution in [2.75, 3.05) is 19.4 Å². The molecule has 1 N–H and O–H groups in total. The van der Waals surface area contributed by atoms with Crippen molar-refractivity contribution < 1.29 is 0 Å². The highest BCUT2D eigenvalue weighted by Gasteiger charge is 1.93. The number of anilines is 1. The van der Waals surface area contributed by atoms with E-state index < -0.39 is 0 Å². The van der Waals surface area contributed by atoms with Crippen molar-refractivity contribution in [3.05, 3.63) is 41.6 Å². The molecule has 0 aromatic heterocycles. The molecular weight excluding hydrogens is 228 g/mol. The fourth-order valence-corrected chi connectivity index (χ4v) is 1.24. The molecule has 0 unspecified atom stereocenters. The van der Waals surface area contributed by atoms with E-state index >= 15 is 0 Å². The zero-order valence-electron chi connectivity index (χ0n) is 8.70. The van der Waals surface area contributed by atoms with Gasteiger partial charge in [-0.15, -0.1) is 0 Å². The third kappa shape index (κ3) is 4.81. The molecule has 0 atom stereocenters. The summed E-state index contributed by atoms with van der Waals surface area (Å²) in [7, 11) is 3.89. The number of thiocarbonyl (C=S) groups is 1. The Balaban J connectivity index is 2.55. The van der Waals surface area contributed by atoms with Crippen LogP contribution in [0.5, 0.6) is 0 Å². The number of nitrogens with one attached hydrogen (secondary N) is 1. The standard InChI is InChI=1S/C11H13ClN2S/c1-14(2)8-7-11(15)13-10-5-3-9(12)4-6-10/h3-8H,1-2H3,(H,13,15)/b8-7+. The van der Waals surface area contributed by atoms with Gasteiger partial charge in [-0.1, -0.05) is 23.8 Å². The summed E-state index contributed by atoms with van der Waals surface area (Å²) in [6.07, 6.45) is 3.73. The molecule has 2 nitrogen and oxygen atoms in total. The summed E-state index contributed by atoms with van der Waals surface area (Å²) in [5.74, 6) is 0. The summed E-state index contributed by atoms with van der Waals surface area (Å²) in [6.45, 7) is 0. The third-order valence-corrected chi connectivity index (χ3v) is 2.13. The van der Waals surface area contributed by atoms with Crippen LogP contribution in [0.25, 0.3) is 0 Å². The summed E-state index contributed by atoms with van der Waals surface area (Å²) in [6, 6.07) is 7.42. The first-order valence-corrected chi connectivity index (χ1v) is 5.28. The van der Waals surface area contributed by atoms with Gasteiger partial charge in [0.15, 0.2) is 0 Å². The van der Waals surface area contributed by atoms with E-state index in [1.54, 1.807) is 0 Å². The molecule has 0 heterocycles. The highest BCUT2D eigenvalue weighted by atomic mass is 35.5. The van der Waals surface area contributed by atoms with Crippen molar-refractivity contribution in [3.8, 4) is 0 Å². The summed E-state index contributed by atoms with van der Waals surface area (Å²) < 4.78 is 0. The molecular formula is C11H13ClN2S. The molecule has 0 saturated carbocycles. The van der Waals surface area contributed by atoms with Gasteiger partial charge in [0.1, 0.15) is 4.99 Å². The zero-order valence-corrected chi connectivity index (χ0v) is 10.3. The van der Waals surface area contributed by atoms with Gasteiger partial charge in [-0.2, -0.15) is 0 Å². The number of rotatable bonds is 3. The van der Waals surface area contributed by atoms with Crippen molar-refractivity contribution in [2.45, 2.75) is 0 Å². The first-order chi connectivity index (χ1) is 7.08. The van der Waals surface area contributed by atoms with Crippen LogP contribution in [0, 0.1) is 0 Å². The van der Waals surface area contributed by atoms with Crippen molar-refractivity contribution in [1.82, 2.24) is 4.90 Å². The van der Waals surface area contributed by atoms with Crippen LogP contribution in [0.15, 0.2) is 36.5 Å². The third-order valence-electron chi connectivity index (χ3n) is 1.64. The molecule has 1 rings (SSSR count). The van der Waals surface area contributed by atoms with Gasteiger partial charge in [-0.3, -0.25) is 0 Å². The molecule has 15 heavy (non-hydrogen) atoms. The van der Waals surface area contributed by atoms with E-state index in [0.717, 1.165) is 10.7 Å². The van der Waals surface area contributed by atoms with Crippen molar-refractivity contribution >= 4 is 34.5 Å². The average molecular weight is 241 g/mol. The fourth-order valence-electron chi connectivity index (χ4n) is 0.934. The Morgan fingerprint density at radius 1 is 1.33 bits per heavy atom. The lowest BCUT2D eigenvalue weighted by Crippen LogP contribution is -2.08. The quantitative estimate of drug-likeness (QED) is 0.646. The Morgan fingerprint density at radius 2 is 1.93 bits per heavy atom. The second-order valence-electron chi connectivity index (χ2n) is 3.28. The predicted molar refractivity (Wildman–Crippen MR) is 70.5 cm³/mol. The zero-order chi connectivity index (χ0) is 11.3. The second kappa shape index (κ2) is 5.73. The summed E-state index contributed by atoms with van der Waals surface area (Å²) in [4.78, 5) is 2.60. The molecule has 0 saturated heterocycles. The minimum atomic E-state index is 0.672. The smallest absolute Gasteiger partial charge is 0.105 e. The van der Waals surface area contributed by atoms with Crippen LogP contribution >= 0.6 is 23.8 Å². The Hall–Kier alpha value is -1.06. The van der Waals surface area contributed by atoms with Crippen LogP contribution in [0.3, 0.4) is 0 Å². The van der Waals surface area contributed by atoms with Crippen LogP contribution in [-0.4, -0.2) is 24.0 Å². The van der Waals surface area contributed by atoms with E-state index in [9.17, 15) is 0 Å². The minimum Gasteiger partial charge on any atom is -0.383 e. The first kappa shape index (κ1) is 12.0. The molecule has 0 spiro atoms. The highest BCUT2D eigenvalue weighted by Crippen LogP contribution is 2.13. The van der Waals surface area contributed by atoms with Gasteiger partial charge in [0.2, 0.25) is 0 Å². The summed E-state index contributed by atoms with van der Waals surface area (Å²) in [5.41, 5.74) is 0.938. The molecule has 1 aromatic rings. The van der Waals surface area contributed by atoms with E-state index in [1.807, 2.05) is 55.5 Å². The van der Waals surface area contributed by atoms with Crippen molar-refractivity contribution in [3.63, 3.8) is 0 Å². The van der Waals surface area contributed by atoms with E-state index in [0.29, 0.717) is 4.99 Å². The van der Waals surface area contributed by atoms with Gasteiger partial charge >= 0.3 is 0 Å². The lowest BCUT2D eigenvalue weighted by molar-refractivity contribution is 0.564. The Kier molecular flexibility index (Phi) is 4.59. The van der Waals surface area contributed by atoms with Gasteiger partial charge in [0.05, 0.1) is 0 Å². The number of hydrogen-bond acceptors (Lipinski definition) is 2. The maximum absolute atomic E-state index is 5.77. The van der Waals surface area contributed by atoms with Crippen molar-refractivity contribution in [1.29, 1.82) is 0 Å². The lowest BCUT2D eigenvalue weighted by atomic mass is 10.3. The Labute approximate surface area is 101 Å². The normalized spacial score (nSPS) is 10.3. The number of hydrogen-bond donors (Lipinski definition) is 1. The lowest BCUT2D eigenvalue weighted by Gasteiger charge is -2.06. The van der Waals surface area contributed by atoms with Gasteiger partial charge in [0, 0.05) is 31.0 Å². The highest BCUT2D eigenvalue weighted by molar-refractivity contribution is 7.81. The monoisotopic (exact) mass is 240 g/mol. The molecule has 80 valence electrons. The van der Waals surface area contributed by atoms with Gasteiger partial charge in [-0.25, -0.2) is 0 Å². The van der Waals surface area contributed by atoms with Crippen LogP contribution in [-0.2, 0) is 0 Å². The van der Waals surface area contributed by atoms with Crippen LogP contribution in [0.2, 0.25) is 5.02 Å². The predicted octanol–water partition coefficient (Wildman–Crippen LogP) is 3.15. The fraction of sp³-hybridized carbons (Fsp3) is 0.182. The minimum absolute atomic E-state index is 0.672. The Bertz CT molecular complexity index is 357. The Morgan fingerprint density at radius 3 is 2.47 bits per heavy atom. The molecule has 0 amide bonds. The summed E-state index contributed by atoms with van der Waals surface area (Å²) >= 11 is 10.9. The van der Waals surface area contributed by atoms with Gasteiger partial charge < -0.3 is 10.2 Å². The molecule has 0 aliphatic heterocycles. The number of benzene rings is 1. The van der Waals surface area contributed by atoms with E-state index in [1.165, 1.54) is 0 Å².